The van der Waals surface area contributed by atoms with Gasteiger partial charge in [0.15, 0.2) is 0 Å². The van der Waals surface area contributed by atoms with Crippen LogP contribution in [0.1, 0.15) is 29.5 Å². The molecule has 1 aromatic heterocycles. The lowest BCUT2D eigenvalue weighted by atomic mass is 10.1. The van der Waals surface area contributed by atoms with Gasteiger partial charge in [-0.3, -0.25) is 0 Å². The molecule has 0 bridgehead atoms. The van der Waals surface area contributed by atoms with Crippen molar-refractivity contribution in [1.82, 2.24) is 4.98 Å². The maximum absolute atomic E-state index is 9.60. The van der Waals surface area contributed by atoms with Gasteiger partial charge in [0.25, 0.3) is 0 Å². The molecular formula is C9H11NOS. The standard InChI is InChI=1S/C9H11NOS/c1-3-4-5-8(11)9-7(2)10-6-12-9/h1,6,8,11H,4-5H2,2H3. The number of rotatable bonds is 3. The van der Waals surface area contributed by atoms with Gasteiger partial charge in [0.2, 0.25) is 0 Å². The molecule has 1 N–H and O–H groups in total. The van der Waals surface area contributed by atoms with Gasteiger partial charge in [-0.05, 0) is 13.3 Å². The van der Waals surface area contributed by atoms with Gasteiger partial charge in [-0.1, -0.05) is 0 Å². The lowest BCUT2D eigenvalue weighted by Crippen LogP contribution is -1.95. The minimum Gasteiger partial charge on any atom is -0.387 e. The Balaban J connectivity index is 2.60. The first-order valence-electron chi connectivity index (χ1n) is 3.77. The van der Waals surface area contributed by atoms with Gasteiger partial charge in [0, 0.05) is 6.42 Å². The Morgan fingerprint density at radius 3 is 3.08 bits per heavy atom. The molecule has 1 unspecified atom stereocenters. The zero-order chi connectivity index (χ0) is 8.97. The molecule has 64 valence electrons. The Kier molecular flexibility index (Phi) is 3.27. The number of aryl methyl sites for hydroxylation is 1. The van der Waals surface area contributed by atoms with Crippen LogP contribution in [0.4, 0.5) is 0 Å². The van der Waals surface area contributed by atoms with Crippen molar-refractivity contribution in [3.63, 3.8) is 0 Å². The summed E-state index contributed by atoms with van der Waals surface area (Å²) in [7, 11) is 0. The monoisotopic (exact) mass is 181 g/mol. The minimum atomic E-state index is -0.437. The Morgan fingerprint density at radius 2 is 2.58 bits per heavy atom. The largest absolute Gasteiger partial charge is 0.387 e. The average Bonchev–Trinajstić information content (AvgIpc) is 2.47. The second-order valence-corrected chi connectivity index (χ2v) is 3.45. The summed E-state index contributed by atoms with van der Waals surface area (Å²) in [5.74, 6) is 2.50. The van der Waals surface area contributed by atoms with Gasteiger partial charge in [-0.15, -0.1) is 23.7 Å². The average molecular weight is 181 g/mol. The molecule has 1 heterocycles. The zero-order valence-electron chi connectivity index (χ0n) is 6.95. The summed E-state index contributed by atoms with van der Waals surface area (Å²) >= 11 is 1.48. The van der Waals surface area contributed by atoms with Crippen molar-refractivity contribution in [2.45, 2.75) is 25.9 Å². The number of hydrogen-bond donors (Lipinski definition) is 1. The number of hydrogen-bond acceptors (Lipinski definition) is 3. The highest BCUT2D eigenvalue weighted by atomic mass is 32.1. The van der Waals surface area contributed by atoms with E-state index in [9.17, 15) is 5.11 Å². The van der Waals surface area contributed by atoms with Gasteiger partial charge >= 0.3 is 0 Å². The molecule has 0 saturated heterocycles. The third-order valence-electron chi connectivity index (χ3n) is 1.65. The van der Waals surface area contributed by atoms with Crippen LogP contribution in [0.3, 0.4) is 0 Å². The van der Waals surface area contributed by atoms with Crippen LogP contribution in [0, 0.1) is 19.3 Å². The molecule has 0 aliphatic rings. The molecule has 0 radical (unpaired) electrons. The van der Waals surface area contributed by atoms with E-state index in [-0.39, 0.29) is 0 Å². The van der Waals surface area contributed by atoms with Gasteiger partial charge in [0.05, 0.1) is 22.2 Å². The molecule has 1 rings (SSSR count). The number of aromatic nitrogens is 1. The van der Waals surface area contributed by atoms with Gasteiger partial charge < -0.3 is 5.11 Å². The summed E-state index contributed by atoms with van der Waals surface area (Å²) in [6, 6.07) is 0. The summed E-state index contributed by atoms with van der Waals surface area (Å²) < 4.78 is 0. The van der Waals surface area contributed by atoms with Crippen molar-refractivity contribution >= 4 is 11.3 Å². The van der Waals surface area contributed by atoms with Crippen molar-refractivity contribution in [2.24, 2.45) is 0 Å². The highest BCUT2D eigenvalue weighted by Gasteiger charge is 2.11. The molecule has 0 amide bonds. The minimum absolute atomic E-state index is 0.437. The quantitative estimate of drug-likeness (QED) is 0.722. The molecule has 12 heavy (non-hydrogen) atoms. The predicted octanol–water partition coefficient (Wildman–Crippen LogP) is 1.90. The van der Waals surface area contributed by atoms with Crippen molar-refractivity contribution in [3.05, 3.63) is 16.1 Å². The van der Waals surface area contributed by atoms with E-state index in [1.54, 1.807) is 5.51 Å². The Morgan fingerprint density at radius 1 is 1.83 bits per heavy atom. The lowest BCUT2D eigenvalue weighted by Gasteiger charge is -2.05. The molecule has 1 aromatic rings. The van der Waals surface area contributed by atoms with E-state index in [1.165, 1.54) is 11.3 Å². The first-order chi connectivity index (χ1) is 5.75. The second kappa shape index (κ2) is 4.24. The molecule has 0 fully saturated rings. The number of thiazole rings is 1. The van der Waals surface area contributed by atoms with Crippen molar-refractivity contribution in [1.29, 1.82) is 0 Å². The van der Waals surface area contributed by atoms with E-state index >= 15 is 0 Å². The molecule has 3 heteroatoms. The fourth-order valence-electron chi connectivity index (χ4n) is 0.982. The second-order valence-electron chi connectivity index (χ2n) is 2.56. The number of nitrogens with zero attached hydrogens (tertiary/aromatic N) is 1. The predicted molar refractivity (Wildman–Crippen MR) is 49.9 cm³/mol. The zero-order valence-corrected chi connectivity index (χ0v) is 7.77. The SMILES string of the molecule is C#CCCC(O)c1scnc1C. The molecular weight excluding hydrogens is 170 g/mol. The van der Waals surface area contributed by atoms with E-state index in [0.717, 1.165) is 10.6 Å². The van der Waals surface area contributed by atoms with E-state index in [4.69, 9.17) is 6.42 Å². The van der Waals surface area contributed by atoms with Gasteiger partial charge in [-0.2, -0.15) is 0 Å². The lowest BCUT2D eigenvalue weighted by molar-refractivity contribution is 0.172. The normalized spacial score (nSPS) is 12.4. The van der Waals surface area contributed by atoms with E-state index < -0.39 is 6.10 Å². The summed E-state index contributed by atoms with van der Waals surface area (Å²) in [6.45, 7) is 1.89. The molecule has 0 aromatic carbocycles. The summed E-state index contributed by atoms with van der Waals surface area (Å²) in [4.78, 5) is 4.99. The van der Waals surface area contributed by atoms with E-state index in [0.29, 0.717) is 12.8 Å². The van der Waals surface area contributed by atoms with Gasteiger partial charge in [-0.25, -0.2) is 4.98 Å². The highest BCUT2D eigenvalue weighted by Crippen LogP contribution is 2.24. The number of aliphatic hydroxyl groups is 1. The fraction of sp³-hybridized carbons (Fsp3) is 0.444. The van der Waals surface area contributed by atoms with E-state index in [1.807, 2.05) is 6.92 Å². The summed E-state index contributed by atoms with van der Waals surface area (Å²) in [5.41, 5.74) is 2.65. The first kappa shape index (κ1) is 9.24. The molecule has 0 spiro atoms. The molecule has 0 aliphatic carbocycles. The molecule has 0 saturated carbocycles. The van der Waals surface area contributed by atoms with Gasteiger partial charge in [0.1, 0.15) is 0 Å². The maximum atomic E-state index is 9.60. The van der Waals surface area contributed by atoms with Crippen molar-refractivity contribution in [2.75, 3.05) is 0 Å². The number of aliphatic hydroxyl groups excluding tert-OH is 1. The fourth-order valence-corrected chi connectivity index (χ4v) is 1.80. The summed E-state index contributed by atoms with van der Waals surface area (Å²) in [5, 5.41) is 9.60. The van der Waals surface area contributed by atoms with Crippen LogP contribution in [0.5, 0.6) is 0 Å². The van der Waals surface area contributed by atoms with Crippen LogP contribution in [0.2, 0.25) is 0 Å². The highest BCUT2D eigenvalue weighted by molar-refractivity contribution is 7.09. The molecule has 2 nitrogen and oxygen atoms in total. The van der Waals surface area contributed by atoms with Crippen LogP contribution in [-0.4, -0.2) is 10.1 Å². The van der Waals surface area contributed by atoms with Crippen LogP contribution < -0.4 is 0 Å². The smallest absolute Gasteiger partial charge is 0.0909 e. The Labute approximate surface area is 76.3 Å². The maximum Gasteiger partial charge on any atom is 0.0909 e. The van der Waals surface area contributed by atoms with Crippen LogP contribution in [0.15, 0.2) is 5.51 Å². The molecule has 1 atom stereocenters. The first-order valence-corrected chi connectivity index (χ1v) is 4.65. The van der Waals surface area contributed by atoms with Crippen LogP contribution >= 0.6 is 11.3 Å². The Bertz CT molecular complexity index is 287. The van der Waals surface area contributed by atoms with Crippen molar-refractivity contribution in [3.8, 4) is 12.3 Å². The summed E-state index contributed by atoms with van der Waals surface area (Å²) in [6.07, 6.45) is 5.89. The third kappa shape index (κ3) is 2.07. The Hall–Kier alpha value is -0.850. The van der Waals surface area contributed by atoms with Crippen molar-refractivity contribution < 1.29 is 5.11 Å². The molecule has 0 aliphatic heterocycles. The van der Waals surface area contributed by atoms with E-state index in [2.05, 4.69) is 10.9 Å². The third-order valence-corrected chi connectivity index (χ3v) is 2.68. The van der Waals surface area contributed by atoms with Crippen LogP contribution in [0.25, 0.3) is 0 Å². The van der Waals surface area contributed by atoms with Crippen LogP contribution in [-0.2, 0) is 0 Å². The number of terminal acetylenes is 1. The topological polar surface area (TPSA) is 33.1 Å².